The van der Waals surface area contributed by atoms with Crippen molar-refractivity contribution in [3.05, 3.63) is 24.3 Å². The normalized spacial score (nSPS) is 13.4. The van der Waals surface area contributed by atoms with Crippen molar-refractivity contribution in [2.45, 2.75) is 30.6 Å². The monoisotopic (exact) mass is 355 g/mol. The van der Waals surface area contributed by atoms with E-state index in [9.17, 15) is 31.2 Å². The van der Waals surface area contributed by atoms with Crippen molar-refractivity contribution in [2.75, 3.05) is 0 Å². The van der Waals surface area contributed by atoms with Gasteiger partial charge in [0.25, 0.3) is 0 Å². The molecule has 0 aliphatic heterocycles. The van der Waals surface area contributed by atoms with E-state index in [1.165, 1.54) is 0 Å². The van der Waals surface area contributed by atoms with Crippen LogP contribution in [0.1, 0.15) is 13.3 Å². The van der Waals surface area contributed by atoms with Gasteiger partial charge in [-0.25, -0.2) is 13.1 Å². The molecule has 1 rings (SSSR count). The Bertz CT molecular complexity index is 684. The average molecular weight is 355 g/mol. The number of sulfonamides is 1. The Hall–Kier alpha value is -2.14. The predicted octanol–water partition coefficient (Wildman–Crippen LogP) is 1.30. The fourth-order valence-electron chi connectivity index (χ4n) is 1.52. The van der Waals surface area contributed by atoms with Crippen LogP contribution in [-0.4, -0.2) is 37.7 Å². The molecule has 0 aliphatic carbocycles. The first-order valence-electron chi connectivity index (χ1n) is 6.01. The number of nitrogens with one attached hydrogen (secondary N) is 1. The Labute approximate surface area is 129 Å². The van der Waals surface area contributed by atoms with Gasteiger partial charge in [0.15, 0.2) is 0 Å². The lowest BCUT2D eigenvalue weighted by Gasteiger charge is -2.14. The number of aliphatic carboxylic acids is 1. The number of Topliss-reactive ketones (excluding diaryl/α,β-unsaturated/α-hetero) is 1. The summed E-state index contributed by atoms with van der Waals surface area (Å²) in [4.78, 5) is 21.4. The van der Waals surface area contributed by atoms with E-state index in [0.29, 0.717) is 0 Å². The highest BCUT2D eigenvalue weighted by Crippen LogP contribution is 2.24. The number of carbonyl (C=O) groups excluding carboxylic acids is 1. The Morgan fingerprint density at radius 3 is 2.17 bits per heavy atom. The lowest BCUT2D eigenvalue weighted by Crippen LogP contribution is -2.41. The molecule has 0 saturated carbocycles. The van der Waals surface area contributed by atoms with Crippen molar-refractivity contribution < 1.29 is 41.0 Å². The van der Waals surface area contributed by atoms with E-state index in [-0.39, 0.29) is 0 Å². The second-order valence-electron chi connectivity index (χ2n) is 4.40. The maximum Gasteiger partial charge on any atom is 0.573 e. The molecule has 0 fully saturated rings. The quantitative estimate of drug-likeness (QED) is 0.763. The van der Waals surface area contributed by atoms with E-state index in [4.69, 9.17) is 5.11 Å². The largest absolute Gasteiger partial charge is 0.573 e. The van der Waals surface area contributed by atoms with Gasteiger partial charge in [-0.05, 0) is 31.2 Å². The van der Waals surface area contributed by atoms with E-state index < -0.39 is 51.2 Å². The third-order valence-corrected chi connectivity index (χ3v) is 4.02. The van der Waals surface area contributed by atoms with Gasteiger partial charge in [0.2, 0.25) is 10.0 Å². The molecule has 0 spiro atoms. The summed E-state index contributed by atoms with van der Waals surface area (Å²) in [7, 11) is -4.28. The fourth-order valence-corrected chi connectivity index (χ4v) is 2.77. The Kier molecular flexibility index (Phi) is 5.72. The van der Waals surface area contributed by atoms with Crippen LogP contribution in [0.5, 0.6) is 5.75 Å². The number of alkyl halides is 3. The summed E-state index contributed by atoms with van der Waals surface area (Å²) < 4.78 is 65.5. The van der Waals surface area contributed by atoms with Crippen molar-refractivity contribution in [3.63, 3.8) is 0 Å². The number of halogens is 3. The zero-order valence-corrected chi connectivity index (χ0v) is 12.4. The number of benzene rings is 1. The van der Waals surface area contributed by atoms with Gasteiger partial charge in [0.1, 0.15) is 11.5 Å². The molecule has 2 N–H and O–H groups in total. The number of hydrogen-bond acceptors (Lipinski definition) is 5. The van der Waals surface area contributed by atoms with Crippen molar-refractivity contribution >= 4 is 21.8 Å². The molecular weight excluding hydrogens is 343 g/mol. The highest BCUT2D eigenvalue weighted by atomic mass is 32.2. The number of rotatable bonds is 7. The lowest BCUT2D eigenvalue weighted by molar-refractivity contribution is -0.274. The molecule has 0 heterocycles. The highest BCUT2D eigenvalue weighted by molar-refractivity contribution is 7.89. The SMILES string of the molecule is CC(=O)C(CC(=O)O)NS(=O)(=O)c1ccc(OC(F)(F)F)cc1. The van der Waals surface area contributed by atoms with E-state index >= 15 is 0 Å². The summed E-state index contributed by atoms with van der Waals surface area (Å²) in [6, 6.07) is 1.75. The summed E-state index contributed by atoms with van der Waals surface area (Å²) in [6.07, 6.45) is -5.68. The number of carbonyl (C=O) groups is 2. The first-order valence-corrected chi connectivity index (χ1v) is 7.49. The number of carboxylic acid groups (broad SMARTS) is 1. The minimum Gasteiger partial charge on any atom is -0.481 e. The first-order chi connectivity index (χ1) is 10.4. The molecule has 0 amide bonds. The number of ketones is 1. The second kappa shape index (κ2) is 6.96. The van der Waals surface area contributed by atoms with E-state index in [1.54, 1.807) is 0 Å². The molecule has 0 bridgehead atoms. The molecule has 0 radical (unpaired) electrons. The van der Waals surface area contributed by atoms with Crippen LogP contribution >= 0.6 is 0 Å². The molecule has 0 aliphatic rings. The van der Waals surface area contributed by atoms with Crippen LogP contribution in [0.15, 0.2) is 29.2 Å². The van der Waals surface area contributed by atoms with Crippen LogP contribution in [0.25, 0.3) is 0 Å². The van der Waals surface area contributed by atoms with Crippen molar-refractivity contribution in [3.8, 4) is 5.75 Å². The second-order valence-corrected chi connectivity index (χ2v) is 6.12. The third kappa shape index (κ3) is 6.24. The van der Waals surface area contributed by atoms with E-state index in [1.807, 2.05) is 4.72 Å². The summed E-state index contributed by atoms with van der Waals surface area (Å²) in [5.74, 6) is -2.72. The molecule has 1 aromatic carbocycles. The third-order valence-electron chi connectivity index (χ3n) is 2.53. The summed E-state index contributed by atoms with van der Waals surface area (Å²) in [5, 5.41) is 8.63. The molecule has 1 atom stereocenters. The van der Waals surface area contributed by atoms with Gasteiger partial charge in [-0.1, -0.05) is 0 Å². The Morgan fingerprint density at radius 2 is 1.78 bits per heavy atom. The zero-order chi connectivity index (χ0) is 17.8. The number of hydrogen-bond donors (Lipinski definition) is 2. The van der Waals surface area contributed by atoms with Crippen LogP contribution in [0.2, 0.25) is 0 Å². The highest BCUT2D eigenvalue weighted by Gasteiger charge is 2.31. The maximum atomic E-state index is 12.0. The van der Waals surface area contributed by atoms with Crippen LogP contribution in [0.3, 0.4) is 0 Å². The van der Waals surface area contributed by atoms with Crippen LogP contribution in [0, 0.1) is 0 Å². The van der Waals surface area contributed by atoms with Crippen LogP contribution in [-0.2, 0) is 19.6 Å². The summed E-state index contributed by atoms with van der Waals surface area (Å²) >= 11 is 0. The summed E-state index contributed by atoms with van der Waals surface area (Å²) in [6.45, 7) is 1.01. The zero-order valence-electron chi connectivity index (χ0n) is 11.6. The van der Waals surface area contributed by atoms with E-state index in [2.05, 4.69) is 4.74 Å². The first kappa shape index (κ1) is 18.9. The molecule has 128 valence electrons. The van der Waals surface area contributed by atoms with Crippen LogP contribution < -0.4 is 9.46 Å². The Balaban J connectivity index is 2.95. The molecular formula is C12H12F3NO6S. The van der Waals surface area contributed by atoms with Gasteiger partial charge in [-0.3, -0.25) is 9.59 Å². The van der Waals surface area contributed by atoms with Gasteiger partial charge < -0.3 is 9.84 Å². The molecule has 7 nitrogen and oxygen atoms in total. The summed E-state index contributed by atoms with van der Waals surface area (Å²) in [5.41, 5.74) is 0. The van der Waals surface area contributed by atoms with Gasteiger partial charge in [0, 0.05) is 0 Å². The molecule has 0 aromatic heterocycles. The lowest BCUT2D eigenvalue weighted by atomic mass is 10.1. The van der Waals surface area contributed by atoms with Crippen molar-refractivity contribution in [1.29, 1.82) is 0 Å². The average Bonchev–Trinajstić information content (AvgIpc) is 2.35. The molecule has 1 unspecified atom stereocenters. The molecule has 11 heteroatoms. The van der Waals surface area contributed by atoms with Gasteiger partial charge in [-0.15, -0.1) is 13.2 Å². The van der Waals surface area contributed by atoms with Crippen molar-refractivity contribution in [1.82, 2.24) is 4.72 Å². The predicted molar refractivity (Wildman–Crippen MR) is 70.2 cm³/mol. The van der Waals surface area contributed by atoms with Gasteiger partial charge in [0.05, 0.1) is 17.4 Å². The smallest absolute Gasteiger partial charge is 0.481 e. The van der Waals surface area contributed by atoms with Crippen LogP contribution in [0.4, 0.5) is 13.2 Å². The van der Waals surface area contributed by atoms with Crippen molar-refractivity contribution in [2.24, 2.45) is 0 Å². The topological polar surface area (TPSA) is 110 Å². The minimum absolute atomic E-state index is 0.441. The van der Waals surface area contributed by atoms with Gasteiger partial charge >= 0.3 is 12.3 Å². The standard InChI is InChI=1S/C12H12F3NO6S/c1-7(17)10(6-11(18)19)16-23(20,21)9-4-2-8(3-5-9)22-12(13,14)15/h2-5,10,16H,6H2,1H3,(H,18,19). The molecule has 23 heavy (non-hydrogen) atoms. The maximum absolute atomic E-state index is 12.0. The minimum atomic E-state index is -4.92. The molecule has 1 aromatic rings. The van der Waals surface area contributed by atoms with Gasteiger partial charge in [-0.2, -0.15) is 0 Å². The number of carboxylic acids is 1. The number of ether oxygens (including phenoxy) is 1. The Morgan fingerprint density at radius 1 is 1.26 bits per heavy atom. The van der Waals surface area contributed by atoms with E-state index in [0.717, 1.165) is 31.2 Å². The fraction of sp³-hybridized carbons (Fsp3) is 0.333. The molecule has 0 saturated heterocycles.